The van der Waals surface area contributed by atoms with Crippen LogP contribution in [0.3, 0.4) is 0 Å². The molecule has 3 rings (SSSR count). The molecule has 2 N–H and O–H groups in total. The van der Waals surface area contributed by atoms with E-state index in [9.17, 15) is 9.59 Å². The van der Waals surface area contributed by atoms with Gasteiger partial charge in [-0.2, -0.15) is 0 Å². The van der Waals surface area contributed by atoms with E-state index in [0.29, 0.717) is 16.8 Å². The van der Waals surface area contributed by atoms with Crippen molar-refractivity contribution in [3.05, 3.63) is 84.2 Å². The molecular formula is C23H24N4O2. The number of anilines is 3. The lowest BCUT2D eigenvalue weighted by Crippen LogP contribution is -2.21. The number of nitrogens with one attached hydrogen (secondary N) is 2. The van der Waals surface area contributed by atoms with Crippen molar-refractivity contribution in [1.82, 2.24) is 4.98 Å². The van der Waals surface area contributed by atoms with Gasteiger partial charge < -0.3 is 15.5 Å². The van der Waals surface area contributed by atoms with Crippen LogP contribution in [0.5, 0.6) is 0 Å². The first kappa shape index (κ1) is 20.1. The Hall–Kier alpha value is -3.67. The molecule has 0 aliphatic rings. The van der Waals surface area contributed by atoms with Gasteiger partial charge >= 0.3 is 0 Å². The Morgan fingerprint density at radius 3 is 2.14 bits per heavy atom. The van der Waals surface area contributed by atoms with Crippen molar-refractivity contribution in [2.45, 2.75) is 13.8 Å². The maximum absolute atomic E-state index is 12.6. The van der Waals surface area contributed by atoms with Crippen LogP contribution in [0, 0.1) is 0 Å². The van der Waals surface area contributed by atoms with E-state index >= 15 is 0 Å². The van der Waals surface area contributed by atoms with Crippen LogP contribution in [0.25, 0.3) is 0 Å². The second-order valence-corrected chi connectivity index (χ2v) is 6.45. The second-order valence-electron chi connectivity index (χ2n) is 6.45. The van der Waals surface area contributed by atoms with Crippen molar-refractivity contribution in [2.75, 3.05) is 28.6 Å². The van der Waals surface area contributed by atoms with Crippen LogP contribution < -0.4 is 15.5 Å². The third kappa shape index (κ3) is 5.19. The highest BCUT2D eigenvalue weighted by molar-refractivity contribution is 6.07. The van der Waals surface area contributed by atoms with Gasteiger partial charge in [0.05, 0.1) is 5.56 Å². The van der Waals surface area contributed by atoms with E-state index in [2.05, 4.69) is 34.4 Å². The highest BCUT2D eigenvalue weighted by Crippen LogP contribution is 2.19. The summed E-state index contributed by atoms with van der Waals surface area (Å²) in [5.41, 5.74) is 3.30. The lowest BCUT2D eigenvalue weighted by atomic mass is 10.1. The number of rotatable bonds is 7. The lowest BCUT2D eigenvalue weighted by Gasteiger charge is -2.21. The number of aromatic nitrogens is 1. The predicted molar refractivity (Wildman–Crippen MR) is 117 cm³/mol. The Kier molecular flexibility index (Phi) is 6.58. The number of hydrogen-bond acceptors (Lipinski definition) is 4. The smallest absolute Gasteiger partial charge is 0.257 e. The highest BCUT2D eigenvalue weighted by atomic mass is 16.2. The largest absolute Gasteiger partial charge is 0.372 e. The molecule has 0 aliphatic carbocycles. The first-order chi connectivity index (χ1) is 14.1. The molecule has 29 heavy (non-hydrogen) atoms. The van der Waals surface area contributed by atoms with Gasteiger partial charge in [0.2, 0.25) is 0 Å². The number of carbonyl (C=O) groups is 2. The van der Waals surface area contributed by atoms with Gasteiger partial charge in [-0.3, -0.25) is 14.6 Å². The van der Waals surface area contributed by atoms with E-state index in [-0.39, 0.29) is 11.8 Å². The van der Waals surface area contributed by atoms with Crippen LogP contribution in [-0.2, 0) is 0 Å². The van der Waals surface area contributed by atoms with Gasteiger partial charge in [-0.25, -0.2) is 0 Å². The van der Waals surface area contributed by atoms with Crippen LogP contribution in [-0.4, -0.2) is 29.9 Å². The molecule has 0 saturated heterocycles. The fourth-order valence-electron chi connectivity index (χ4n) is 2.99. The molecule has 3 aromatic rings. The SMILES string of the molecule is CCN(CC)c1ccc(NC(=O)c2cccc(NC(=O)c3cccnc3)c2)cc1. The van der Waals surface area contributed by atoms with Crippen molar-refractivity contribution in [1.29, 1.82) is 0 Å². The zero-order valence-electron chi connectivity index (χ0n) is 16.6. The molecule has 2 aromatic carbocycles. The van der Waals surface area contributed by atoms with Gasteiger partial charge in [0.15, 0.2) is 0 Å². The lowest BCUT2D eigenvalue weighted by molar-refractivity contribution is 0.101. The summed E-state index contributed by atoms with van der Waals surface area (Å²) >= 11 is 0. The minimum atomic E-state index is -0.275. The molecule has 0 unspecified atom stereocenters. The third-order valence-corrected chi connectivity index (χ3v) is 4.56. The predicted octanol–water partition coefficient (Wildman–Crippen LogP) is 4.43. The van der Waals surface area contributed by atoms with Gasteiger partial charge in [0, 0.05) is 48.1 Å². The highest BCUT2D eigenvalue weighted by Gasteiger charge is 2.10. The summed E-state index contributed by atoms with van der Waals surface area (Å²) in [6.45, 7) is 6.08. The zero-order valence-corrected chi connectivity index (χ0v) is 16.6. The number of carbonyl (C=O) groups excluding carboxylic acids is 2. The maximum atomic E-state index is 12.6. The number of benzene rings is 2. The number of nitrogens with zero attached hydrogens (tertiary/aromatic N) is 2. The molecule has 148 valence electrons. The summed E-state index contributed by atoms with van der Waals surface area (Å²) in [4.78, 5) is 31.1. The van der Waals surface area contributed by atoms with E-state index in [1.165, 1.54) is 6.20 Å². The van der Waals surface area contributed by atoms with Crippen molar-refractivity contribution in [2.24, 2.45) is 0 Å². The van der Waals surface area contributed by atoms with Crippen LogP contribution >= 0.6 is 0 Å². The third-order valence-electron chi connectivity index (χ3n) is 4.56. The molecule has 0 atom stereocenters. The summed E-state index contributed by atoms with van der Waals surface area (Å²) in [7, 11) is 0. The summed E-state index contributed by atoms with van der Waals surface area (Å²) in [6, 6.07) is 18.0. The first-order valence-corrected chi connectivity index (χ1v) is 9.58. The van der Waals surface area contributed by atoms with Crippen molar-refractivity contribution in [3.63, 3.8) is 0 Å². The average molecular weight is 388 g/mol. The normalized spacial score (nSPS) is 10.3. The summed E-state index contributed by atoms with van der Waals surface area (Å²) in [5.74, 6) is -0.513. The number of pyridine rings is 1. The van der Waals surface area contributed by atoms with Crippen LogP contribution in [0.1, 0.15) is 34.6 Å². The molecule has 2 amide bonds. The molecule has 0 saturated carbocycles. The molecule has 6 nitrogen and oxygen atoms in total. The minimum Gasteiger partial charge on any atom is -0.372 e. The van der Waals surface area contributed by atoms with Crippen LogP contribution in [0.2, 0.25) is 0 Å². The van der Waals surface area contributed by atoms with E-state index in [4.69, 9.17) is 0 Å². The first-order valence-electron chi connectivity index (χ1n) is 9.58. The molecule has 0 fully saturated rings. The molecule has 1 heterocycles. The van der Waals surface area contributed by atoms with Crippen molar-refractivity contribution in [3.8, 4) is 0 Å². The van der Waals surface area contributed by atoms with Crippen LogP contribution in [0.4, 0.5) is 17.1 Å². The maximum Gasteiger partial charge on any atom is 0.257 e. The van der Waals surface area contributed by atoms with Crippen LogP contribution in [0.15, 0.2) is 73.1 Å². The molecule has 1 aromatic heterocycles. The molecule has 0 aliphatic heterocycles. The standard InChI is InChI=1S/C23H24N4O2/c1-3-27(4-2)21-12-10-19(11-13-21)25-22(28)17-7-5-9-20(15-17)26-23(29)18-8-6-14-24-16-18/h5-16H,3-4H2,1-2H3,(H,25,28)(H,26,29). The number of hydrogen-bond donors (Lipinski definition) is 2. The molecule has 6 heteroatoms. The quantitative estimate of drug-likeness (QED) is 0.628. The Morgan fingerprint density at radius 2 is 1.48 bits per heavy atom. The fourth-order valence-corrected chi connectivity index (χ4v) is 2.99. The molecular weight excluding hydrogens is 364 g/mol. The van der Waals surface area contributed by atoms with E-state index in [1.807, 2.05) is 24.3 Å². The van der Waals surface area contributed by atoms with Gasteiger partial charge in [-0.15, -0.1) is 0 Å². The van der Waals surface area contributed by atoms with E-state index < -0.39 is 0 Å². The number of amides is 2. The topological polar surface area (TPSA) is 74.3 Å². The fraction of sp³-hybridized carbons (Fsp3) is 0.174. The molecule has 0 spiro atoms. The Morgan fingerprint density at radius 1 is 0.828 bits per heavy atom. The minimum absolute atomic E-state index is 0.238. The zero-order chi connectivity index (χ0) is 20.6. The van der Waals surface area contributed by atoms with Gasteiger partial charge in [-0.05, 0) is 68.4 Å². The van der Waals surface area contributed by atoms with Gasteiger partial charge in [-0.1, -0.05) is 6.07 Å². The van der Waals surface area contributed by atoms with Gasteiger partial charge in [0.1, 0.15) is 0 Å². The van der Waals surface area contributed by atoms with Crippen molar-refractivity contribution < 1.29 is 9.59 Å². The summed E-state index contributed by atoms with van der Waals surface area (Å²) in [6.07, 6.45) is 3.10. The van der Waals surface area contributed by atoms with E-state index in [1.54, 1.807) is 42.6 Å². The van der Waals surface area contributed by atoms with E-state index in [0.717, 1.165) is 24.5 Å². The van der Waals surface area contributed by atoms with Crippen molar-refractivity contribution >= 4 is 28.9 Å². The monoisotopic (exact) mass is 388 g/mol. The van der Waals surface area contributed by atoms with Gasteiger partial charge in [0.25, 0.3) is 11.8 Å². The molecule has 0 bridgehead atoms. The Labute approximate surface area is 170 Å². The second kappa shape index (κ2) is 9.50. The summed E-state index contributed by atoms with van der Waals surface area (Å²) < 4.78 is 0. The average Bonchev–Trinajstić information content (AvgIpc) is 2.76. The Bertz CT molecular complexity index is 968. The Balaban J connectivity index is 1.67. The summed E-state index contributed by atoms with van der Waals surface area (Å²) in [5, 5.41) is 5.68. The molecule has 0 radical (unpaired) electrons.